The zero-order chi connectivity index (χ0) is 21.3. The van der Waals surface area contributed by atoms with Gasteiger partial charge in [-0.05, 0) is 50.8 Å². The average Bonchev–Trinajstić information content (AvgIpc) is 2.60. The molecule has 1 aromatic carbocycles. The minimum atomic E-state index is -0.925. The van der Waals surface area contributed by atoms with Crippen LogP contribution in [0.1, 0.15) is 53.5 Å². The zero-order valence-electron chi connectivity index (χ0n) is 17.8. The smallest absolute Gasteiger partial charge is 0.408 e. The molecule has 2 N–H and O–H groups in total. The fraction of sp³-hybridized carbons (Fsp3) is 0.571. The van der Waals surface area contributed by atoms with Crippen molar-refractivity contribution in [1.29, 1.82) is 0 Å². The SMILES string of the molecule is Cc1ccc2c(c1)NC(=O)C(NC(=O)OC(C)(C)C)CN2C(=O)CC(C)(C)C. The van der Waals surface area contributed by atoms with Crippen LogP contribution >= 0.6 is 0 Å². The summed E-state index contributed by atoms with van der Waals surface area (Å²) in [7, 11) is 0. The molecule has 1 heterocycles. The highest BCUT2D eigenvalue weighted by atomic mass is 16.6. The Hall–Kier alpha value is -2.57. The van der Waals surface area contributed by atoms with E-state index >= 15 is 0 Å². The molecule has 0 bridgehead atoms. The van der Waals surface area contributed by atoms with Gasteiger partial charge in [0, 0.05) is 6.42 Å². The van der Waals surface area contributed by atoms with Gasteiger partial charge in [0.05, 0.1) is 17.9 Å². The summed E-state index contributed by atoms with van der Waals surface area (Å²) in [5.41, 5.74) is 1.25. The van der Waals surface area contributed by atoms with E-state index in [4.69, 9.17) is 4.74 Å². The summed E-state index contributed by atoms with van der Waals surface area (Å²) >= 11 is 0. The van der Waals surface area contributed by atoms with Crippen molar-refractivity contribution >= 4 is 29.3 Å². The van der Waals surface area contributed by atoms with E-state index in [2.05, 4.69) is 10.6 Å². The number of fused-ring (bicyclic) bond motifs is 1. The van der Waals surface area contributed by atoms with Gasteiger partial charge in [0.1, 0.15) is 11.6 Å². The van der Waals surface area contributed by atoms with E-state index in [1.54, 1.807) is 25.7 Å². The molecule has 1 aliphatic heterocycles. The topological polar surface area (TPSA) is 87.7 Å². The molecule has 28 heavy (non-hydrogen) atoms. The van der Waals surface area contributed by atoms with Gasteiger partial charge in [-0.15, -0.1) is 0 Å². The average molecular weight is 389 g/mol. The van der Waals surface area contributed by atoms with Crippen molar-refractivity contribution in [3.63, 3.8) is 0 Å². The molecule has 1 aromatic rings. The van der Waals surface area contributed by atoms with Gasteiger partial charge < -0.3 is 20.3 Å². The quantitative estimate of drug-likeness (QED) is 0.809. The molecule has 1 aliphatic rings. The lowest BCUT2D eigenvalue weighted by Gasteiger charge is -2.28. The molecule has 2 rings (SSSR count). The Morgan fingerprint density at radius 3 is 2.43 bits per heavy atom. The van der Waals surface area contributed by atoms with Gasteiger partial charge in [-0.1, -0.05) is 26.8 Å². The monoisotopic (exact) mass is 389 g/mol. The Labute approximate surface area is 166 Å². The standard InChI is InChI=1S/C21H31N3O4/c1-13-8-9-16-14(10-13)22-18(26)15(23-19(27)28-21(5,6)7)12-24(16)17(25)11-20(2,3)4/h8-10,15H,11-12H2,1-7H3,(H,22,26)(H,23,27). The first-order valence-corrected chi connectivity index (χ1v) is 9.46. The second-order valence-corrected chi connectivity index (χ2v) is 9.45. The molecule has 0 saturated heterocycles. The van der Waals surface area contributed by atoms with Crippen LogP contribution in [0.15, 0.2) is 18.2 Å². The minimum absolute atomic E-state index is 0.0377. The number of amides is 3. The maximum absolute atomic E-state index is 13.0. The normalized spacial score (nSPS) is 17.3. The third kappa shape index (κ3) is 5.97. The first kappa shape index (κ1) is 21.7. The third-order valence-corrected chi connectivity index (χ3v) is 4.06. The van der Waals surface area contributed by atoms with Crippen LogP contribution in [0.5, 0.6) is 0 Å². The van der Waals surface area contributed by atoms with Crippen LogP contribution in [0, 0.1) is 12.3 Å². The lowest BCUT2D eigenvalue weighted by Crippen LogP contribution is -2.51. The summed E-state index contributed by atoms with van der Waals surface area (Å²) < 4.78 is 5.27. The molecule has 0 aliphatic carbocycles. The van der Waals surface area contributed by atoms with Crippen LogP contribution < -0.4 is 15.5 Å². The van der Waals surface area contributed by atoms with Crippen LogP contribution in [0.25, 0.3) is 0 Å². The maximum Gasteiger partial charge on any atom is 0.408 e. The van der Waals surface area contributed by atoms with Crippen LogP contribution in [0.3, 0.4) is 0 Å². The van der Waals surface area contributed by atoms with Gasteiger partial charge in [-0.25, -0.2) is 4.79 Å². The van der Waals surface area contributed by atoms with Crippen LogP contribution in [-0.2, 0) is 14.3 Å². The van der Waals surface area contributed by atoms with Crippen molar-refractivity contribution in [3.8, 4) is 0 Å². The van der Waals surface area contributed by atoms with Gasteiger partial charge in [0.25, 0.3) is 0 Å². The highest BCUT2D eigenvalue weighted by Gasteiger charge is 2.34. The Morgan fingerprint density at radius 2 is 1.86 bits per heavy atom. The Morgan fingerprint density at radius 1 is 1.21 bits per heavy atom. The van der Waals surface area contributed by atoms with E-state index in [1.165, 1.54) is 0 Å². The van der Waals surface area contributed by atoms with E-state index in [-0.39, 0.29) is 23.8 Å². The number of nitrogens with one attached hydrogen (secondary N) is 2. The highest BCUT2D eigenvalue weighted by Crippen LogP contribution is 2.32. The van der Waals surface area contributed by atoms with Crippen molar-refractivity contribution in [3.05, 3.63) is 23.8 Å². The van der Waals surface area contributed by atoms with Crippen LogP contribution in [0.2, 0.25) is 0 Å². The molecule has 0 spiro atoms. The van der Waals surface area contributed by atoms with E-state index in [1.807, 2.05) is 45.9 Å². The second-order valence-electron chi connectivity index (χ2n) is 9.45. The largest absolute Gasteiger partial charge is 0.444 e. The van der Waals surface area contributed by atoms with Crippen molar-refractivity contribution < 1.29 is 19.1 Å². The molecule has 154 valence electrons. The highest BCUT2D eigenvalue weighted by molar-refractivity contribution is 6.06. The number of alkyl carbamates (subject to hydrolysis) is 1. The van der Waals surface area contributed by atoms with Crippen molar-refractivity contribution in [1.82, 2.24) is 5.32 Å². The summed E-state index contributed by atoms with van der Waals surface area (Å²) in [5.74, 6) is -0.492. The summed E-state index contributed by atoms with van der Waals surface area (Å²) in [4.78, 5) is 39.5. The molecular formula is C21H31N3O4. The van der Waals surface area contributed by atoms with Crippen molar-refractivity contribution in [2.45, 2.75) is 66.5 Å². The number of anilines is 2. The van der Waals surface area contributed by atoms with Crippen LogP contribution in [-0.4, -0.2) is 36.1 Å². The van der Waals surface area contributed by atoms with E-state index in [9.17, 15) is 14.4 Å². The van der Waals surface area contributed by atoms with E-state index in [0.717, 1.165) is 5.56 Å². The first-order valence-electron chi connectivity index (χ1n) is 9.46. The number of benzene rings is 1. The molecule has 7 nitrogen and oxygen atoms in total. The van der Waals surface area contributed by atoms with Crippen molar-refractivity contribution in [2.24, 2.45) is 5.41 Å². The summed E-state index contributed by atoms with van der Waals surface area (Å²) in [6.07, 6.45) is -0.383. The number of hydrogen-bond donors (Lipinski definition) is 2. The molecule has 0 fully saturated rings. The van der Waals surface area contributed by atoms with Gasteiger partial charge in [-0.2, -0.15) is 0 Å². The lowest BCUT2D eigenvalue weighted by molar-refractivity contribution is -0.120. The van der Waals surface area contributed by atoms with E-state index < -0.39 is 17.7 Å². The fourth-order valence-corrected chi connectivity index (χ4v) is 2.92. The number of rotatable bonds is 2. The predicted octanol–water partition coefficient (Wildman–Crippen LogP) is 3.61. The predicted molar refractivity (Wildman–Crippen MR) is 109 cm³/mol. The summed E-state index contributed by atoms with van der Waals surface area (Å²) in [6.45, 7) is 13.1. The minimum Gasteiger partial charge on any atom is -0.444 e. The second kappa shape index (κ2) is 7.81. The van der Waals surface area contributed by atoms with Gasteiger partial charge in [0.15, 0.2) is 0 Å². The molecule has 3 amide bonds. The number of ether oxygens (including phenoxy) is 1. The molecule has 1 atom stereocenters. The Kier molecular flexibility index (Phi) is 6.06. The summed E-state index contributed by atoms with van der Waals surface area (Å²) in [5, 5.41) is 5.42. The molecule has 1 unspecified atom stereocenters. The van der Waals surface area contributed by atoms with Gasteiger partial charge in [-0.3, -0.25) is 9.59 Å². The number of aryl methyl sites for hydroxylation is 1. The summed E-state index contributed by atoms with van der Waals surface area (Å²) in [6, 6.07) is 4.61. The van der Waals surface area contributed by atoms with Crippen LogP contribution in [0.4, 0.5) is 16.2 Å². The zero-order valence-corrected chi connectivity index (χ0v) is 17.8. The van der Waals surface area contributed by atoms with Gasteiger partial charge >= 0.3 is 6.09 Å². The molecule has 0 saturated carbocycles. The molecular weight excluding hydrogens is 358 g/mol. The number of carbonyl (C=O) groups is 3. The molecule has 0 aromatic heterocycles. The number of carbonyl (C=O) groups excluding carboxylic acids is 3. The first-order chi connectivity index (χ1) is 12.7. The fourth-order valence-electron chi connectivity index (χ4n) is 2.92. The van der Waals surface area contributed by atoms with Crippen molar-refractivity contribution in [2.75, 3.05) is 16.8 Å². The Bertz CT molecular complexity index is 775. The van der Waals surface area contributed by atoms with E-state index in [0.29, 0.717) is 17.8 Å². The Balaban J connectivity index is 2.34. The lowest BCUT2D eigenvalue weighted by atomic mass is 9.91. The maximum atomic E-state index is 13.0. The molecule has 0 radical (unpaired) electrons. The number of nitrogens with zero attached hydrogens (tertiary/aromatic N) is 1. The third-order valence-electron chi connectivity index (χ3n) is 4.06. The number of hydrogen-bond acceptors (Lipinski definition) is 4. The molecule has 7 heteroatoms. The van der Waals surface area contributed by atoms with Gasteiger partial charge in [0.2, 0.25) is 11.8 Å².